The van der Waals surface area contributed by atoms with Crippen LogP contribution < -0.4 is 0 Å². The largest absolute Gasteiger partial charge is 0.467 e. The van der Waals surface area contributed by atoms with Crippen LogP contribution in [0.25, 0.3) is 17.1 Å². The van der Waals surface area contributed by atoms with Crippen LogP contribution in [0, 0.1) is 6.92 Å². The number of hydrogen-bond donors (Lipinski definition) is 0. The van der Waals surface area contributed by atoms with Gasteiger partial charge in [0.05, 0.1) is 24.2 Å². The molecule has 0 radical (unpaired) electrons. The van der Waals surface area contributed by atoms with Gasteiger partial charge in [-0.05, 0) is 42.8 Å². The number of pyridine rings is 1. The summed E-state index contributed by atoms with van der Waals surface area (Å²) in [4.78, 5) is 18.4. The summed E-state index contributed by atoms with van der Waals surface area (Å²) in [5, 5.41) is 9.46. The van der Waals surface area contributed by atoms with E-state index in [2.05, 4.69) is 15.2 Å². The van der Waals surface area contributed by atoms with Gasteiger partial charge in [0.25, 0.3) is 0 Å². The molecule has 3 heterocycles. The minimum absolute atomic E-state index is 0.0128. The highest BCUT2D eigenvalue weighted by atomic mass is 32.2. The van der Waals surface area contributed by atoms with E-state index in [-0.39, 0.29) is 11.7 Å². The van der Waals surface area contributed by atoms with Crippen molar-refractivity contribution < 1.29 is 9.21 Å². The van der Waals surface area contributed by atoms with Gasteiger partial charge >= 0.3 is 0 Å². The fourth-order valence-electron chi connectivity index (χ4n) is 3.04. The molecule has 1 aromatic carbocycles. The number of para-hydroxylation sites is 1. The fraction of sp³-hybridized carbons (Fsp3) is 0.182. The number of rotatable bonds is 7. The van der Waals surface area contributed by atoms with E-state index in [9.17, 15) is 4.79 Å². The van der Waals surface area contributed by atoms with Crippen molar-refractivity contribution in [3.05, 3.63) is 78.5 Å². The third-order valence-electron chi connectivity index (χ3n) is 4.65. The van der Waals surface area contributed by atoms with Gasteiger partial charge in [-0.1, -0.05) is 30.0 Å². The molecule has 0 unspecified atom stereocenters. The van der Waals surface area contributed by atoms with Gasteiger partial charge in [-0.15, -0.1) is 10.2 Å². The molecule has 0 N–H and O–H groups in total. The zero-order valence-corrected chi connectivity index (χ0v) is 17.5. The van der Waals surface area contributed by atoms with Crippen molar-refractivity contribution in [1.82, 2.24) is 24.6 Å². The maximum absolute atomic E-state index is 12.6. The minimum atomic E-state index is -0.0128. The molecule has 30 heavy (non-hydrogen) atoms. The molecular formula is C22H21N5O2S. The monoisotopic (exact) mass is 419 g/mol. The SMILES string of the molecule is Cc1ccccc1-n1c(SCC(=O)N(C)Cc2ccco2)nnc1-c1ccncc1. The lowest BCUT2D eigenvalue weighted by molar-refractivity contribution is -0.127. The van der Waals surface area contributed by atoms with E-state index in [1.807, 2.05) is 60.0 Å². The predicted molar refractivity (Wildman–Crippen MR) is 115 cm³/mol. The van der Waals surface area contributed by atoms with E-state index < -0.39 is 0 Å². The molecule has 0 bridgehead atoms. The smallest absolute Gasteiger partial charge is 0.233 e. The van der Waals surface area contributed by atoms with Gasteiger partial charge in [-0.25, -0.2) is 0 Å². The van der Waals surface area contributed by atoms with E-state index in [0.29, 0.717) is 17.5 Å². The summed E-state index contributed by atoms with van der Waals surface area (Å²) < 4.78 is 7.32. The lowest BCUT2D eigenvalue weighted by Crippen LogP contribution is -2.27. The first kappa shape index (κ1) is 19.9. The Morgan fingerprint density at radius 1 is 1.10 bits per heavy atom. The van der Waals surface area contributed by atoms with Crippen LogP contribution in [0.2, 0.25) is 0 Å². The lowest BCUT2D eigenvalue weighted by atomic mass is 10.2. The van der Waals surface area contributed by atoms with Crippen LogP contribution >= 0.6 is 11.8 Å². The summed E-state index contributed by atoms with van der Waals surface area (Å²) in [6.45, 7) is 2.47. The summed E-state index contributed by atoms with van der Waals surface area (Å²) >= 11 is 1.37. The molecule has 0 spiro atoms. The summed E-state index contributed by atoms with van der Waals surface area (Å²) in [6, 6.07) is 15.5. The number of thioether (sulfide) groups is 1. The highest BCUT2D eigenvalue weighted by Crippen LogP contribution is 2.29. The second-order valence-corrected chi connectivity index (χ2v) is 7.72. The molecule has 0 atom stereocenters. The molecule has 152 valence electrons. The summed E-state index contributed by atoms with van der Waals surface area (Å²) in [6.07, 6.45) is 5.06. The number of furan rings is 1. The molecule has 0 aliphatic carbocycles. The zero-order chi connectivity index (χ0) is 20.9. The number of carbonyl (C=O) groups is 1. The Bertz CT molecular complexity index is 1130. The Hall–Kier alpha value is -3.39. The van der Waals surface area contributed by atoms with Crippen molar-refractivity contribution in [3.63, 3.8) is 0 Å². The first-order chi connectivity index (χ1) is 14.6. The van der Waals surface area contributed by atoms with Crippen molar-refractivity contribution in [2.45, 2.75) is 18.6 Å². The molecule has 4 aromatic rings. The number of hydrogen-bond acceptors (Lipinski definition) is 6. The molecule has 7 nitrogen and oxygen atoms in total. The first-order valence-corrected chi connectivity index (χ1v) is 10.4. The maximum atomic E-state index is 12.6. The standard InChI is InChI=1S/C22H21N5O2S/c1-16-6-3-4-8-19(16)27-21(17-9-11-23-12-10-17)24-25-22(27)30-15-20(28)26(2)14-18-7-5-13-29-18/h3-13H,14-15H2,1-2H3. The van der Waals surface area contributed by atoms with Crippen molar-refractivity contribution >= 4 is 17.7 Å². The molecular weight excluding hydrogens is 398 g/mol. The molecule has 4 rings (SSSR count). The van der Waals surface area contributed by atoms with Gasteiger partial charge in [-0.3, -0.25) is 14.3 Å². The summed E-state index contributed by atoms with van der Waals surface area (Å²) in [7, 11) is 1.76. The van der Waals surface area contributed by atoms with Gasteiger partial charge in [0.1, 0.15) is 5.76 Å². The molecule has 1 amide bonds. The first-order valence-electron chi connectivity index (χ1n) is 9.44. The molecule has 3 aromatic heterocycles. The van der Waals surface area contributed by atoms with Gasteiger partial charge in [0.2, 0.25) is 5.91 Å². The van der Waals surface area contributed by atoms with Crippen LogP contribution in [0.4, 0.5) is 0 Å². The minimum Gasteiger partial charge on any atom is -0.467 e. The van der Waals surface area contributed by atoms with Gasteiger partial charge < -0.3 is 9.32 Å². The van der Waals surface area contributed by atoms with E-state index >= 15 is 0 Å². The van der Waals surface area contributed by atoms with Crippen molar-refractivity contribution in [1.29, 1.82) is 0 Å². The lowest BCUT2D eigenvalue weighted by Gasteiger charge is -2.16. The Morgan fingerprint density at radius 3 is 2.63 bits per heavy atom. The quantitative estimate of drug-likeness (QED) is 0.422. The molecule has 8 heteroatoms. The molecule has 0 fully saturated rings. The number of nitrogens with zero attached hydrogens (tertiary/aromatic N) is 5. The topological polar surface area (TPSA) is 77.0 Å². The highest BCUT2D eigenvalue weighted by Gasteiger charge is 2.19. The van der Waals surface area contributed by atoms with Crippen molar-refractivity contribution in [2.24, 2.45) is 0 Å². The van der Waals surface area contributed by atoms with E-state index in [1.165, 1.54) is 11.8 Å². The second kappa shape index (κ2) is 8.96. The van der Waals surface area contributed by atoms with Crippen LogP contribution in [0.1, 0.15) is 11.3 Å². The molecule has 0 aliphatic heterocycles. The van der Waals surface area contributed by atoms with Crippen LogP contribution in [0.15, 0.2) is 76.8 Å². The average molecular weight is 420 g/mol. The summed E-state index contributed by atoms with van der Waals surface area (Å²) in [5.74, 6) is 1.70. The van der Waals surface area contributed by atoms with Gasteiger partial charge in [-0.2, -0.15) is 0 Å². The Kier molecular flexibility index (Phi) is 5.94. The second-order valence-electron chi connectivity index (χ2n) is 6.78. The molecule has 0 aliphatic rings. The Balaban J connectivity index is 1.60. The Labute approximate surface area is 178 Å². The van der Waals surface area contributed by atoms with E-state index in [4.69, 9.17) is 4.42 Å². The van der Waals surface area contributed by atoms with Crippen LogP contribution in [-0.4, -0.2) is 43.4 Å². The van der Waals surface area contributed by atoms with E-state index in [0.717, 1.165) is 22.6 Å². The molecule has 0 saturated carbocycles. The summed E-state index contributed by atoms with van der Waals surface area (Å²) in [5.41, 5.74) is 2.98. The number of carbonyl (C=O) groups excluding carboxylic acids is 1. The fourth-order valence-corrected chi connectivity index (χ4v) is 3.93. The number of benzene rings is 1. The maximum Gasteiger partial charge on any atom is 0.233 e. The van der Waals surface area contributed by atoms with Crippen LogP contribution in [-0.2, 0) is 11.3 Å². The zero-order valence-electron chi connectivity index (χ0n) is 16.7. The number of amides is 1. The van der Waals surface area contributed by atoms with Gasteiger partial charge in [0, 0.05) is 25.0 Å². The third kappa shape index (κ3) is 4.28. The highest BCUT2D eigenvalue weighted by molar-refractivity contribution is 7.99. The van der Waals surface area contributed by atoms with Crippen molar-refractivity contribution in [3.8, 4) is 17.1 Å². The van der Waals surface area contributed by atoms with E-state index in [1.54, 1.807) is 30.6 Å². The third-order valence-corrected chi connectivity index (χ3v) is 5.57. The predicted octanol–water partition coefficient (Wildman–Crippen LogP) is 3.98. The van der Waals surface area contributed by atoms with Crippen LogP contribution in [0.5, 0.6) is 0 Å². The number of aromatic nitrogens is 4. The normalized spacial score (nSPS) is 10.9. The average Bonchev–Trinajstić information content (AvgIpc) is 3.43. The van der Waals surface area contributed by atoms with Crippen molar-refractivity contribution in [2.75, 3.05) is 12.8 Å². The van der Waals surface area contributed by atoms with Gasteiger partial charge in [0.15, 0.2) is 11.0 Å². The Morgan fingerprint density at radius 2 is 1.90 bits per heavy atom. The molecule has 0 saturated heterocycles. The number of aryl methyl sites for hydroxylation is 1. The van der Waals surface area contributed by atoms with Crippen LogP contribution in [0.3, 0.4) is 0 Å².